The molecule has 19 heavy (non-hydrogen) atoms. The number of rotatable bonds is 3. The monoisotopic (exact) mass is 272 g/mol. The molecule has 0 amide bonds. The number of carbonyl (C=O) groups excluding carboxylic acids is 1. The molecule has 3 rings (SSSR count). The van der Waals surface area contributed by atoms with E-state index in [4.69, 9.17) is 9.47 Å². The number of hydrogen-bond donors (Lipinski definition) is 0. The van der Waals surface area contributed by atoms with Crippen LogP contribution in [0.2, 0.25) is 0 Å². The van der Waals surface area contributed by atoms with Crippen LogP contribution in [0.25, 0.3) is 6.08 Å². The third-order valence-electron chi connectivity index (χ3n) is 2.77. The molecule has 2 aromatic rings. The molecule has 3 nitrogen and oxygen atoms in total. The first-order chi connectivity index (χ1) is 9.33. The summed E-state index contributed by atoms with van der Waals surface area (Å²) in [5.41, 5.74) is 0.608. The van der Waals surface area contributed by atoms with Crippen LogP contribution in [0.4, 0.5) is 0 Å². The Morgan fingerprint density at radius 2 is 2.00 bits per heavy atom. The van der Waals surface area contributed by atoms with Crippen LogP contribution in [0.15, 0.2) is 41.8 Å². The number of ether oxygens (including phenoxy) is 2. The van der Waals surface area contributed by atoms with Gasteiger partial charge in [0.15, 0.2) is 17.3 Å². The summed E-state index contributed by atoms with van der Waals surface area (Å²) < 4.78 is 10.9. The molecule has 2 heterocycles. The first kappa shape index (κ1) is 12.0. The van der Waals surface area contributed by atoms with Crippen LogP contribution >= 0.6 is 11.3 Å². The smallest absolute Gasteiger partial charge is 0.186 e. The van der Waals surface area contributed by atoms with E-state index in [1.165, 1.54) is 0 Å². The number of allylic oxidation sites excluding steroid dienone is 1. The van der Waals surface area contributed by atoms with E-state index in [1.54, 1.807) is 35.6 Å². The third kappa shape index (κ3) is 2.69. The van der Waals surface area contributed by atoms with Crippen LogP contribution < -0.4 is 9.47 Å². The summed E-state index contributed by atoms with van der Waals surface area (Å²) in [7, 11) is 0. The van der Waals surface area contributed by atoms with Gasteiger partial charge in [-0.1, -0.05) is 6.07 Å². The lowest BCUT2D eigenvalue weighted by Crippen LogP contribution is -2.15. The lowest BCUT2D eigenvalue weighted by Gasteiger charge is -2.18. The summed E-state index contributed by atoms with van der Waals surface area (Å²) in [6.45, 7) is 1.08. The van der Waals surface area contributed by atoms with Gasteiger partial charge in [0.25, 0.3) is 0 Å². The molecule has 0 unspecified atom stereocenters. The summed E-state index contributed by atoms with van der Waals surface area (Å²) in [5.74, 6) is 1.30. The lowest BCUT2D eigenvalue weighted by atomic mass is 10.1. The first-order valence-corrected chi connectivity index (χ1v) is 6.86. The van der Waals surface area contributed by atoms with Crippen molar-refractivity contribution >= 4 is 23.2 Å². The van der Waals surface area contributed by atoms with Gasteiger partial charge in [0, 0.05) is 10.4 Å². The van der Waals surface area contributed by atoms with Crippen molar-refractivity contribution in [3.8, 4) is 11.5 Å². The van der Waals surface area contributed by atoms with Gasteiger partial charge >= 0.3 is 0 Å². The van der Waals surface area contributed by atoms with Crippen LogP contribution in [0.1, 0.15) is 15.2 Å². The molecule has 0 saturated heterocycles. The fourth-order valence-electron chi connectivity index (χ4n) is 1.84. The van der Waals surface area contributed by atoms with Gasteiger partial charge in [0.2, 0.25) is 0 Å². The van der Waals surface area contributed by atoms with Gasteiger partial charge in [-0.3, -0.25) is 4.79 Å². The van der Waals surface area contributed by atoms with Crippen molar-refractivity contribution in [2.24, 2.45) is 0 Å². The molecule has 1 aliphatic heterocycles. The number of ketones is 1. The summed E-state index contributed by atoms with van der Waals surface area (Å²) >= 11 is 1.60. The van der Waals surface area contributed by atoms with Crippen molar-refractivity contribution in [2.75, 3.05) is 13.2 Å². The third-order valence-corrected chi connectivity index (χ3v) is 3.61. The molecule has 4 heteroatoms. The van der Waals surface area contributed by atoms with Gasteiger partial charge in [-0.25, -0.2) is 0 Å². The molecule has 0 bridgehead atoms. The van der Waals surface area contributed by atoms with Gasteiger partial charge in [-0.05, 0) is 41.8 Å². The minimum absolute atomic E-state index is 0.0367. The van der Waals surface area contributed by atoms with Gasteiger partial charge < -0.3 is 9.47 Å². The molecule has 0 fully saturated rings. The van der Waals surface area contributed by atoms with E-state index in [0.29, 0.717) is 30.3 Å². The van der Waals surface area contributed by atoms with E-state index in [2.05, 4.69) is 0 Å². The predicted octanol–water partition coefficient (Wildman–Crippen LogP) is 3.42. The van der Waals surface area contributed by atoms with E-state index in [1.807, 2.05) is 23.6 Å². The van der Waals surface area contributed by atoms with Crippen LogP contribution in [-0.4, -0.2) is 19.0 Å². The summed E-state index contributed by atoms with van der Waals surface area (Å²) in [5, 5.41) is 1.98. The molecular formula is C15H12O3S. The second-order valence-electron chi connectivity index (χ2n) is 4.07. The highest BCUT2D eigenvalue weighted by molar-refractivity contribution is 7.10. The van der Waals surface area contributed by atoms with Crippen molar-refractivity contribution in [3.05, 3.63) is 52.2 Å². The molecule has 0 N–H and O–H groups in total. The molecule has 96 valence electrons. The fraction of sp³-hybridized carbons (Fsp3) is 0.133. The number of fused-ring (bicyclic) bond motifs is 1. The summed E-state index contributed by atoms with van der Waals surface area (Å²) in [4.78, 5) is 13.1. The van der Waals surface area contributed by atoms with Crippen LogP contribution in [-0.2, 0) is 0 Å². The van der Waals surface area contributed by atoms with E-state index >= 15 is 0 Å². The quantitative estimate of drug-likeness (QED) is 0.634. The molecular weight excluding hydrogens is 260 g/mol. The Hall–Kier alpha value is -2.07. The Labute approximate surface area is 115 Å². The maximum absolute atomic E-state index is 12.0. The molecule has 1 aromatic carbocycles. The van der Waals surface area contributed by atoms with Gasteiger partial charge in [-0.2, -0.15) is 0 Å². The maximum Gasteiger partial charge on any atom is 0.186 e. The van der Waals surface area contributed by atoms with Crippen molar-refractivity contribution in [3.63, 3.8) is 0 Å². The van der Waals surface area contributed by atoms with Crippen molar-refractivity contribution in [2.45, 2.75) is 0 Å². The average Bonchev–Trinajstić information content (AvgIpc) is 2.97. The molecule has 0 atom stereocenters. The zero-order valence-electron chi connectivity index (χ0n) is 10.2. The Morgan fingerprint density at radius 1 is 1.16 bits per heavy atom. The molecule has 0 saturated carbocycles. The minimum atomic E-state index is -0.0367. The zero-order chi connectivity index (χ0) is 13.1. The van der Waals surface area contributed by atoms with E-state index in [9.17, 15) is 4.79 Å². The highest BCUT2D eigenvalue weighted by Crippen LogP contribution is 2.31. The Balaban J connectivity index is 1.80. The number of thiophene rings is 1. The minimum Gasteiger partial charge on any atom is -0.486 e. The highest BCUT2D eigenvalue weighted by Gasteiger charge is 2.13. The standard InChI is InChI=1S/C15H12O3S/c16-13(5-4-12-2-1-9-19-12)11-3-6-14-15(10-11)18-8-7-17-14/h1-6,9-10H,7-8H2/b5-4+. The van der Waals surface area contributed by atoms with Gasteiger partial charge in [0.1, 0.15) is 13.2 Å². The second kappa shape index (κ2) is 5.28. The SMILES string of the molecule is O=C(/C=C/c1cccs1)c1ccc2c(c1)OCCO2. The van der Waals surface area contributed by atoms with Gasteiger partial charge in [0.05, 0.1) is 0 Å². The topological polar surface area (TPSA) is 35.5 Å². The lowest BCUT2D eigenvalue weighted by molar-refractivity contribution is 0.104. The summed E-state index contributed by atoms with van der Waals surface area (Å²) in [6.07, 6.45) is 3.40. The largest absolute Gasteiger partial charge is 0.486 e. The average molecular weight is 272 g/mol. The van der Waals surface area contributed by atoms with Crippen molar-refractivity contribution < 1.29 is 14.3 Å². The van der Waals surface area contributed by atoms with Crippen LogP contribution in [0.5, 0.6) is 11.5 Å². The first-order valence-electron chi connectivity index (χ1n) is 5.98. The maximum atomic E-state index is 12.0. The number of hydrogen-bond acceptors (Lipinski definition) is 4. The molecule has 0 spiro atoms. The van der Waals surface area contributed by atoms with E-state index in [-0.39, 0.29) is 5.78 Å². The van der Waals surface area contributed by atoms with E-state index in [0.717, 1.165) is 4.88 Å². The molecule has 1 aromatic heterocycles. The van der Waals surface area contributed by atoms with Crippen molar-refractivity contribution in [1.82, 2.24) is 0 Å². The van der Waals surface area contributed by atoms with Crippen LogP contribution in [0.3, 0.4) is 0 Å². The number of carbonyl (C=O) groups is 1. The van der Waals surface area contributed by atoms with Crippen LogP contribution in [0, 0.1) is 0 Å². The van der Waals surface area contributed by atoms with E-state index < -0.39 is 0 Å². The summed E-state index contributed by atoms with van der Waals surface area (Å²) in [6, 6.07) is 9.20. The normalized spacial score (nSPS) is 13.7. The van der Waals surface area contributed by atoms with Crippen molar-refractivity contribution in [1.29, 1.82) is 0 Å². The van der Waals surface area contributed by atoms with Gasteiger partial charge in [-0.15, -0.1) is 11.3 Å². The number of benzene rings is 1. The Morgan fingerprint density at radius 3 is 2.79 bits per heavy atom. The molecule has 0 aliphatic carbocycles. The zero-order valence-corrected chi connectivity index (χ0v) is 11.0. The second-order valence-corrected chi connectivity index (χ2v) is 5.05. The predicted molar refractivity (Wildman–Crippen MR) is 75.1 cm³/mol. The Kier molecular flexibility index (Phi) is 3.33. The molecule has 0 radical (unpaired) electrons. The molecule has 1 aliphatic rings. The highest BCUT2D eigenvalue weighted by atomic mass is 32.1. The fourth-order valence-corrected chi connectivity index (χ4v) is 2.45. The Bertz CT molecular complexity index is 614.